The average molecular weight is 272 g/mol. The summed E-state index contributed by atoms with van der Waals surface area (Å²) in [4.78, 5) is 12.4. The highest BCUT2D eigenvalue weighted by Gasteiger charge is 2.38. The van der Waals surface area contributed by atoms with E-state index in [1.807, 2.05) is 0 Å². The summed E-state index contributed by atoms with van der Waals surface area (Å²) in [6.45, 7) is 2.92. The van der Waals surface area contributed by atoms with Gasteiger partial charge in [0.1, 0.15) is 0 Å². The van der Waals surface area contributed by atoms with Crippen molar-refractivity contribution in [1.82, 2.24) is 5.32 Å². The van der Waals surface area contributed by atoms with Gasteiger partial charge in [-0.25, -0.2) is 0 Å². The number of hydrogen-bond acceptors (Lipinski definition) is 2. The van der Waals surface area contributed by atoms with Crippen molar-refractivity contribution < 1.29 is 4.79 Å². The molecule has 1 fully saturated rings. The minimum Gasteiger partial charge on any atom is -0.354 e. The van der Waals surface area contributed by atoms with Crippen molar-refractivity contribution in [3.8, 4) is 0 Å². The quantitative estimate of drug-likeness (QED) is 0.887. The van der Waals surface area contributed by atoms with E-state index in [4.69, 9.17) is 5.73 Å². The van der Waals surface area contributed by atoms with Gasteiger partial charge in [-0.2, -0.15) is 0 Å². The fraction of sp³-hybridized carbons (Fsp3) is 0.588. The molecule has 3 heteroatoms. The zero-order valence-electron chi connectivity index (χ0n) is 12.2. The maximum absolute atomic E-state index is 12.4. The molecular formula is C17H24N2O. The van der Waals surface area contributed by atoms with Crippen molar-refractivity contribution in [2.24, 2.45) is 11.7 Å². The number of benzene rings is 1. The van der Waals surface area contributed by atoms with Gasteiger partial charge >= 0.3 is 0 Å². The Morgan fingerprint density at radius 3 is 3.00 bits per heavy atom. The van der Waals surface area contributed by atoms with Gasteiger partial charge in [0.25, 0.3) is 0 Å². The summed E-state index contributed by atoms with van der Waals surface area (Å²) in [7, 11) is 0. The number of nitrogens with one attached hydrogen (secondary N) is 1. The molecule has 0 bridgehead atoms. The molecule has 2 aliphatic rings. The van der Waals surface area contributed by atoms with E-state index in [-0.39, 0.29) is 5.91 Å². The Morgan fingerprint density at radius 2 is 2.25 bits per heavy atom. The summed E-state index contributed by atoms with van der Waals surface area (Å²) in [6, 6.07) is 8.48. The van der Waals surface area contributed by atoms with Crippen molar-refractivity contribution in [2.75, 3.05) is 6.54 Å². The highest BCUT2D eigenvalue weighted by Crippen LogP contribution is 2.35. The van der Waals surface area contributed by atoms with Crippen LogP contribution in [-0.2, 0) is 11.2 Å². The molecule has 3 N–H and O–H groups in total. The van der Waals surface area contributed by atoms with Crippen LogP contribution in [0.5, 0.6) is 0 Å². The van der Waals surface area contributed by atoms with E-state index in [2.05, 4.69) is 36.5 Å². The Bertz CT molecular complexity index is 513. The highest BCUT2D eigenvalue weighted by atomic mass is 16.2. The third kappa shape index (κ3) is 2.47. The van der Waals surface area contributed by atoms with E-state index in [1.165, 1.54) is 17.5 Å². The normalized spacial score (nSPS) is 32.1. The number of fused-ring (bicyclic) bond motifs is 1. The molecule has 1 saturated carbocycles. The second kappa shape index (κ2) is 5.21. The molecule has 0 aliphatic heterocycles. The Labute approximate surface area is 120 Å². The van der Waals surface area contributed by atoms with Crippen LogP contribution < -0.4 is 11.1 Å². The van der Waals surface area contributed by atoms with Gasteiger partial charge in [-0.15, -0.1) is 0 Å². The van der Waals surface area contributed by atoms with Crippen LogP contribution in [0.1, 0.15) is 49.7 Å². The molecule has 1 aromatic carbocycles. The molecule has 108 valence electrons. The predicted molar refractivity (Wildman–Crippen MR) is 80.4 cm³/mol. The lowest BCUT2D eigenvalue weighted by atomic mass is 9.75. The first-order valence-electron chi connectivity index (χ1n) is 7.73. The second-order valence-corrected chi connectivity index (χ2v) is 6.67. The molecule has 3 nitrogen and oxygen atoms in total. The predicted octanol–water partition coefficient (Wildman–Crippen LogP) is 2.35. The van der Waals surface area contributed by atoms with Crippen molar-refractivity contribution in [1.29, 1.82) is 0 Å². The van der Waals surface area contributed by atoms with E-state index in [1.54, 1.807) is 0 Å². The topological polar surface area (TPSA) is 55.1 Å². The van der Waals surface area contributed by atoms with Gasteiger partial charge in [0, 0.05) is 12.5 Å². The van der Waals surface area contributed by atoms with Crippen molar-refractivity contribution in [3.05, 3.63) is 35.4 Å². The molecule has 2 aliphatic carbocycles. The molecule has 0 saturated heterocycles. The number of hydrogen-bond donors (Lipinski definition) is 2. The van der Waals surface area contributed by atoms with Gasteiger partial charge < -0.3 is 11.1 Å². The van der Waals surface area contributed by atoms with Crippen LogP contribution in [0.4, 0.5) is 0 Å². The monoisotopic (exact) mass is 272 g/mol. The lowest BCUT2D eigenvalue weighted by Crippen LogP contribution is -2.57. The molecule has 20 heavy (non-hydrogen) atoms. The van der Waals surface area contributed by atoms with Crippen molar-refractivity contribution in [2.45, 2.75) is 50.5 Å². The number of amides is 1. The average Bonchev–Trinajstić information content (AvgIpc) is 2.39. The Morgan fingerprint density at radius 1 is 1.45 bits per heavy atom. The van der Waals surface area contributed by atoms with E-state index >= 15 is 0 Å². The lowest BCUT2D eigenvalue weighted by Gasteiger charge is -2.36. The summed E-state index contributed by atoms with van der Waals surface area (Å²) in [5, 5.41) is 3.09. The molecule has 0 radical (unpaired) electrons. The van der Waals surface area contributed by atoms with Gasteiger partial charge in [0.05, 0.1) is 5.54 Å². The SMILES string of the molecule is CC1CCCC(N)(C(=O)NCC2Cc3ccccc32)C1. The lowest BCUT2D eigenvalue weighted by molar-refractivity contribution is -0.128. The van der Waals surface area contributed by atoms with Crippen molar-refractivity contribution >= 4 is 5.91 Å². The minimum absolute atomic E-state index is 0.0495. The number of nitrogens with two attached hydrogens (primary N) is 1. The van der Waals surface area contributed by atoms with E-state index < -0.39 is 5.54 Å². The summed E-state index contributed by atoms with van der Waals surface area (Å²) in [5.41, 5.74) is 8.49. The molecule has 0 aromatic heterocycles. The minimum atomic E-state index is -0.638. The van der Waals surface area contributed by atoms with Crippen molar-refractivity contribution in [3.63, 3.8) is 0 Å². The van der Waals surface area contributed by atoms with Crippen LogP contribution in [0.3, 0.4) is 0 Å². The van der Waals surface area contributed by atoms with Gasteiger partial charge in [-0.3, -0.25) is 4.79 Å². The summed E-state index contributed by atoms with van der Waals surface area (Å²) < 4.78 is 0. The third-order valence-corrected chi connectivity index (χ3v) is 4.95. The van der Waals surface area contributed by atoms with Crippen LogP contribution in [0.15, 0.2) is 24.3 Å². The Hall–Kier alpha value is -1.35. The highest BCUT2D eigenvalue weighted by molar-refractivity contribution is 5.86. The number of carbonyl (C=O) groups is 1. The second-order valence-electron chi connectivity index (χ2n) is 6.67. The maximum atomic E-state index is 12.4. The zero-order chi connectivity index (χ0) is 14.2. The van der Waals surface area contributed by atoms with E-state index in [9.17, 15) is 4.79 Å². The van der Waals surface area contributed by atoms with Crippen LogP contribution in [0, 0.1) is 5.92 Å². The zero-order valence-corrected chi connectivity index (χ0v) is 12.2. The number of carbonyl (C=O) groups excluding carboxylic acids is 1. The van der Waals surface area contributed by atoms with Gasteiger partial charge in [-0.05, 0) is 36.3 Å². The standard InChI is InChI=1S/C17H24N2O/c1-12-5-4-8-17(18,10-12)16(20)19-11-14-9-13-6-2-3-7-15(13)14/h2-3,6-7,12,14H,4-5,8-11,18H2,1H3,(H,19,20). The van der Waals surface area contributed by atoms with Gasteiger partial charge in [-0.1, -0.05) is 44.0 Å². The van der Waals surface area contributed by atoms with Crippen LogP contribution >= 0.6 is 0 Å². The molecule has 3 unspecified atom stereocenters. The molecule has 1 amide bonds. The molecule has 1 aromatic rings. The molecule has 0 heterocycles. The summed E-state index contributed by atoms with van der Waals surface area (Å²) in [6.07, 6.45) is 4.98. The Balaban J connectivity index is 1.56. The number of rotatable bonds is 3. The van der Waals surface area contributed by atoms with Gasteiger partial charge in [0.2, 0.25) is 5.91 Å². The molecular weight excluding hydrogens is 248 g/mol. The smallest absolute Gasteiger partial charge is 0.240 e. The third-order valence-electron chi connectivity index (χ3n) is 4.95. The van der Waals surface area contributed by atoms with Crippen LogP contribution in [0.2, 0.25) is 0 Å². The first kappa shape index (κ1) is 13.6. The first-order chi connectivity index (χ1) is 9.58. The summed E-state index contributed by atoms with van der Waals surface area (Å²) in [5.74, 6) is 1.08. The van der Waals surface area contributed by atoms with Crippen LogP contribution in [0.25, 0.3) is 0 Å². The first-order valence-corrected chi connectivity index (χ1v) is 7.73. The van der Waals surface area contributed by atoms with E-state index in [0.717, 1.165) is 32.2 Å². The van der Waals surface area contributed by atoms with Gasteiger partial charge in [0.15, 0.2) is 0 Å². The molecule has 3 rings (SSSR count). The largest absolute Gasteiger partial charge is 0.354 e. The van der Waals surface area contributed by atoms with E-state index in [0.29, 0.717) is 11.8 Å². The van der Waals surface area contributed by atoms with Crippen LogP contribution in [-0.4, -0.2) is 18.0 Å². The summed E-state index contributed by atoms with van der Waals surface area (Å²) >= 11 is 0. The fourth-order valence-electron chi connectivity index (χ4n) is 3.73. The maximum Gasteiger partial charge on any atom is 0.240 e. The molecule has 3 atom stereocenters. The molecule has 0 spiro atoms. The fourth-order valence-corrected chi connectivity index (χ4v) is 3.73. The Kier molecular flexibility index (Phi) is 3.55.